The quantitative estimate of drug-likeness (QED) is 0.280. The van der Waals surface area contributed by atoms with E-state index in [-0.39, 0.29) is 23.6 Å². The van der Waals surface area contributed by atoms with E-state index in [0.29, 0.717) is 12.8 Å². The van der Waals surface area contributed by atoms with E-state index in [9.17, 15) is 35.1 Å². The Balaban J connectivity index is 1.94. The van der Waals surface area contributed by atoms with Crippen LogP contribution in [0, 0.1) is 29.1 Å². The average molecular weight is 414 g/mol. The van der Waals surface area contributed by atoms with Crippen molar-refractivity contribution in [3.8, 4) is 0 Å². The van der Waals surface area contributed by atoms with E-state index in [1.165, 1.54) is 4.31 Å². The minimum absolute atomic E-state index is 0.205. The van der Waals surface area contributed by atoms with Crippen LogP contribution in [-0.4, -0.2) is 15.3 Å². The lowest BCUT2D eigenvalue weighted by molar-refractivity contribution is -0.138. The minimum atomic E-state index is -4.68. The molecule has 0 spiro atoms. The van der Waals surface area contributed by atoms with E-state index in [0.717, 1.165) is 18.5 Å². The molecule has 1 heterocycles. The highest BCUT2D eigenvalue weighted by Gasteiger charge is 2.37. The molecule has 1 aromatic heterocycles. The molecule has 0 amide bonds. The number of halogens is 8. The van der Waals surface area contributed by atoms with Crippen molar-refractivity contribution in [2.45, 2.75) is 36.5 Å². The molecule has 0 saturated heterocycles. The Morgan fingerprint density at radius 3 is 2.04 bits per heavy atom. The molecule has 3 rings (SSSR count). The number of rotatable bonds is 5. The van der Waals surface area contributed by atoms with Crippen molar-refractivity contribution in [1.82, 2.24) is 9.29 Å². The fourth-order valence-corrected chi connectivity index (χ4v) is 3.52. The Labute approximate surface area is 152 Å². The SMILES string of the molecule is Fc1c(F)c(F)c(SN(Cc2cnccc2C(F)(F)F)C2CC2)c(F)c1F. The number of pyridine rings is 1. The highest BCUT2D eigenvalue weighted by Crippen LogP contribution is 2.41. The molecular weight excluding hydrogens is 404 g/mol. The van der Waals surface area contributed by atoms with Crippen LogP contribution in [0.15, 0.2) is 23.4 Å². The van der Waals surface area contributed by atoms with Crippen LogP contribution in [0.1, 0.15) is 24.0 Å². The summed E-state index contributed by atoms with van der Waals surface area (Å²) < 4.78 is 108. The van der Waals surface area contributed by atoms with E-state index in [1.54, 1.807) is 0 Å². The summed E-state index contributed by atoms with van der Waals surface area (Å²) in [6, 6.07) is 0.398. The predicted octanol–water partition coefficient (Wildman–Crippen LogP) is 5.47. The van der Waals surface area contributed by atoms with E-state index in [4.69, 9.17) is 0 Å². The Hall–Kier alpha value is -1.88. The smallest absolute Gasteiger partial charge is 0.264 e. The molecule has 0 N–H and O–H groups in total. The first-order valence-electron chi connectivity index (χ1n) is 7.57. The molecule has 146 valence electrons. The van der Waals surface area contributed by atoms with Gasteiger partial charge in [0.2, 0.25) is 5.82 Å². The Morgan fingerprint density at radius 1 is 0.963 bits per heavy atom. The molecule has 1 aliphatic rings. The summed E-state index contributed by atoms with van der Waals surface area (Å²) in [5.74, 6) is -10.6. The fraction of sp³-hybridized carbons (Fsp3) is 0.312. The summed E-state index contributed by atoms with van der Waals surface area (Å²) >= 11 is 0.205. The molecule has 2 nitrogen and oxygen atoms in total. The Kier molecular flexibility index (Phi) is 5.35. The highest BCUT2D eigenvalue weighted by atomic mass is 32.2. The molecule has 1 saturated carbocycles. The monoisotopic (exact) mass is 414 g/mol. The first-order chi connectivity index (χ1) is 12.6. The Morgan fingerprint density at radius 2 is 1.52 bits per heavy atom. The molecule has 27 heavy (non-hydrogen) atoms. The molecule has 0 radical (unpaired) electrons. The fourth-order valence-electron chi connectivity index (χ4n) is 2.38. The van der Waals surface area contributed by atoms with Crippen LogP contribution in [0.3, 0.4) is 0 Å². The van der Waals surface area contributed by atoms with Crippen molar-refractivity contribution >= 4 is 11.9 Å². The van der Waals surface area contributed by atoms with Gasteiger partial charge in [0, 0.05) is 25.0 Å². The van der Waals surface area contributed by atoms with Gasteiger partial charge in [0.05, 0.1) is 5.56 Å². The maximum Gasteiger partial charge on any atom is 0.416 e. The zero-order chi connectivity index (χ0) is 19.9. The van der Waals surface area contributed by atoms with Crippen molar-refractivity contribution in [3.63, 3.8) is 0 Å². The second-order valence-corrected chi connectivity index (χ2v) is 6.89. The van der Waals surface area contributed by atoms with Gasteiger partial charge in [-0.1, -0.05) is 0 Å². The third kappa shape index (κ3) is 4.03. The van der Waals surface area contributed by atoms with Crippen molar-refractivity contribution < 1.29 is 35.1 Å². The number of hydrogen-bond donors (Lipinski definition) is 0. The number of nitrogens with zero attached hydrogens (tertiary/aromatic N) is 2. The maximum absolute atomic E-state index is 13.9. The van der Waals surface area contributed by atoms with E-state index >= 15 is 0 Å². The van der Waals surface area contributed by atoms with Crippen LogP contribution in [0.25, 0.3) is 0 Å². The first kappa shape index (κ1) is 19.9. The summed E-state index contributed by atoms with van der Waals surface area (Å²) in [5.41, 5.74) is -1.26. The van der Waals surface area contributed by atoms with Crippen LogP contribution in [0.2, 0.25) is 0 Å². The number of hydrogen-bond acceptors (Lipinski definition) is 3. The van der Waals surface area contributed by atoms with E-state index in [2.05, 4.69) is 4.98 Å². The summed E-state index contributed by atoms with van der Waals surface area (Å²) in [5, 5.41) is 0. The lowest BCUT2D eigenvalue weighted by Gasteiger charge is -2.23. The van der Waals surface area contributed by atoms with Crippen molar-refractivity contribution in [1.29, 1.82) is 0 Å². The normalized spacial score (nSPS) is 14.9. The van der Waals surface area contributed by atoms with Crippen LogP contribution < -0.4 is 0 Å². The second-order valence-electron chi connectivity index (χ2n) is 5.83. The molecule has 0 aliphatic heterocycles. The third-order valence-electron chi connectivity index (χ3n) is 3.87. The van der Waals surface area contributed by atoms with Crippen LogP contribution in [0.4, 0.5) is 35.1 Å². The third-order valence-corrected chi connectivity index (χ3v) is 5.07. The van der Waals surface area contributed by atoms with Gasteiger partial charge < -0.3 is 0 Å². The molecule has 11 heteroatoms. The van der Waals surface area contributed by atoms with Crippen molar-refractivity contribution in [2.24, 2.45) is 0 Å². The summed E-state index contributed by atoms with van der Waals surface area (Å²) in [6.07, 6.45) is -1.74. The van der Waals surface area contributed by atoms with Crippen LogP contribution in [0.5, 0.6) is 0 Å². The van der Waals surface area contributed by atoms with Gasteiger partial charge in [-0.2, -0.15) is 13.2 Å². The van der Waals surface area contributed by atoms with Gasteiger partial charge in [-0.05, 0) is 36.4 Å². The zero-order valence-electron chi connectivity index (χ0n) is 13.3. The maximum atomic E-state index is 13.9. The van der Waals surface area contributed by atoms with Gasteiger partial charge in [-0.15, -0.1) is 0 Å². The molecule has 2 aromatic rings. The summed E-state index contributed by atoms with van der Waals surface area (Å²) in [6.45, 7) is -0.433. The number of alkyl halides is 3. The lowest BCUT2D eigenvalue weighted by atomic mass is 10.1. The molecule has 1 aromatic carbocycles. The van der Waals surface area contributed by atoms with Crippen LogP contribution in [-0.2, 0) is 12.7 Å². The van der Waals surface area contributed by atoms with Crippen LogP contribution >= 0.6 is 11.9 Å². The second kappa shape index (κ2) is 7.27. The molecular formula is C16H10F8N2S. The summed E-state index contributed by atoms with van der Waals surface area (Å²) in [4.78, 5) is 2.46. The predicted molar refractivity (Wildman–Crippen MR) is 79.9 cm³/mol. The molecule has 0 bridgehead atoms. The number of aromatic nitrogens is 1. The van der Waals surface area contributed by atoms with Gasteiger partial charge >= 0.3 is 6.18 Å². The highest BCUT2D eigenvalue weighted by molar-refractivity contribution is 7.97. The molecule has 0 unspecified atom stereocenters. The summed E-state index contributed by atoms with van der Waals surface area (Å²) in [7, 11) is 0. The zero-order valence-corrected chi connectivity index (χ0v) is 14.1. The molecule has 0 atom stereocenters. The lowest BCUT2D eigenvalue weighted by Crippen LogP contribution is -2.21. The van der Waals surface area contributed by atoms with Gasteiger partial charge in [-0.3, -0.25) is 4.98 Å². The van der Waals surface area contributed by atoms with E-state index < -0.39 is 52.3 Å². The van der Waals surface area contributed by atoms with Gasteiger partial charge in [0.1, 0.15) is 4.90 Å². The van der Waals surface area contributed by atoms with Gasteiger partial charge in [-0.25, -0.2) is 26.3 Å². The standard InChI is InChI=1S/C16H10F8N2S/c17-10-11(18)13(20)15(14(21)12(10)19)27-26(8-1-2-8)6-7-5-25-4-3-9(7)16(22,23)24/h3-5,8H,1-2,6H2. The largest absolute Gasteiger partial charge is 0.416 e. The van der Waals surface area contributed by atoms with Crippen molar-refractivity contribution in [3.05, 3.63) is 58.7 Å². The molecule has 1 fully saturated rings. The van der Waals surface area contributed by atoms with E-state index in [1.807, 2.05) is 0 Å². The Bertz CT molecular complexity index is 837. The topological polar surface area (TPSA) is 16.1 Å². The number of benzene rings is 1. The minimum Gasteiger partial charge on any atom is -0.264 e. The van der Waals surface area contributed by atoms with Gasteiger partial charge in [0.25, 0.3) is 0 Å². The average Bonchev–Trinajstić information content (AvgIpc) is 3.45. The molecule has 1 aliphatic carbocycles. The first-order valence-corrected chi connectivity index (χ1v) is 8.34. The van der Waals surface area contributed by atoms with Gasteiger partial charge in [0.15, 0.2) is 23.3 Å². The van der Waals surface area contributed by atoms with Crippen molar-refractivity contribution in [2.75, 3.05) is 0 Å².